The fourth-order valence-corrected chi connectivity index (χ4v) is 2.04. The molecular weight excluding hydrogens is 295 g/mol. The minimum absolute atomic E-state index is 0. The first kappa shape index (κ1) is 21.8. The van der Waals surface area contributed by atoms with Crippen molar-refractivity contribution in [2.75, 3.05) is 23.0 Å². The van der Waals surface area contributed by atoms with Gasteiger partial charge in [0.05, 0.1) is 15.9 Å². The van der Waals surface area contributed by atoms with E-state index in [1.54, 1.807) is 0 Å². The van der Waals surface area contributed by atoms with E-state index < -0.39 is 20.2 Å². The first-order valence-corrected chi connectivity index (χ1v) is 7.68. The standard InChI is InChI=1S/2C2H6O3S2.Na/c2*3-7(4,5)2-1-6;/h2*6H,1-2H2,(H,3,4,5);/q;;+1/p-1. The molecule has 88 valence electrons. The number of hydrogen-bond acceptors (Lipinski definition) is 7. The van der Waals surface area contributed by atoms with E-state index in [0.29, 0.717) is 0 Å². The van der Waals surface area contributed by atoms with Crippen molar-refractivity contribution < 1.29 is 55.5 Å². The average molecular weight is 306 g/mol. The Morgan fingerprint density at radius 1 is 1.00 bits per heavy atom. The first-order valence-electron chi connectivity index (χ1n) is 3.23. The van der Waals surface area contributed by atoms with Crippen molar-refractivity contribution in [3.05, 3.63) is 0 Å². The maximum atomic E-state index is 9.74. The van der Waals surface area contributed by atoms with E-state index in [1.807, 2.05) is 0 Å². The summed E-state index contributed by atoms with van der Waals surface area (Å²) in [5, 5.41) is 0. The third-order valence-corrected chi connectivity index (χ3v) is 3.17. The van der Waals surface area contributed by atoms with Gasteiger partial charge in [-0.2, -0.15) is 33.7 Å². The van der Waals surface area contributed by atoms with Crippen LogP contribution in [-0.2, 0) is 20.2 Å². The molecular formula is C4H11NaO6S4. The van der Waals surface area contributed by atoms with Crippen LogP contribution >= 0.6 is 25.3 Å². The molecule has 0 aromatic carbocycles. The molecule has 0 amide bonds. The average Bonchev–Trinajstić information content (AvgIpc) is 1.81. The molecule has 6 nitrogen and oxygen atoms in total. The second-order valence-corrected chi connectivity index (χ2v) is 5.99. The van der Waals surface area contributed by atoms with Crippen molar-refractivity contribution in [1.82, 2.24) is 0 Å². The summed E-state index contributed by atoms with van der Waals surface area (Å²) in [6.45, 7) is 0. The van der Waals surface area contributed by atoms with Gasteiger partial charge in [-0.15, -0.1) is 0 Å². The zero-order valence-electron chi connectivity index (χ0n) is 8.03. The van der Waals surface area contributed by atoms with Crippen molar-refractivity contribution in [2.45, 2.75) is 0 Å². The number of hydrogen-bond donors (Lipinski definition) is 3. The van der Waals surface area contributed by atoms with Crippen molar-refractivity contribution in [2.24, 2.45) is 0 Å². The van der Waals surface area contributed by atoms with Gasteiger partial charge in [-0.05, 0) is 0 Å². The van der Waals surface area contributed by atoms with Gasteiger partial charge in [0.1, 0.15) is 0 Å². The Labute approximate surface area is 123 Å². The summed E-state index contributed by atoms with van der Waals surface area (Å²) in [5.41, 5.74) is 0. The van der Waals surface area contributed by atoms with Gasteiger partial charge in [0.15, 0.2) is 0 Å². The Kier molecular flexibility index (Phi) is 15.5. The SMILES string of the molecule is O=S(=O)(O)CCS.O=S(=O)([O-])CCS.[Na+]. The van der Waals surface area contributed by atoms with Gasteiger partial charge in [-0.25, -0.2) is 8.42 Å². The van der Waals surface area contributed by atoms with E-state index in [1.165, 1.54) is 0 Å². The molecule has 0 rings (SSSR count). The zero-order chi connectivity index (χ0) is 11.8. The van der Waals surface area contributed by atoms with Gasteiger partial charge in [0.2, 0.25) is 0 Å². The Hall–Kier alpha value is 1.52. The van der Waals surface area contributed by atoms with Gasteiger partial charge < -0.3 is 4.55 Å². The minimum atomic E-state index is -4.00. The molecule has 11 heteroatoms. The topological polar surface area (TPSA) is 112 Å². The van der Waals surface area contributed by atoms with Crippen LogP contribution in [0.25, 0.3) is 0 Å². The number of thiol groups is 2. The van der Waals surface area contributed by atoms with Crippen molar-refractivity contribution in [1.29, 1.82) is 0 Å². The Morgan fingerprint density at radius 3 is 1.33 bits per heavy atom. The molecule has 0 aromatic heterocycles. The maximum Gasteiger partial charge on any atom is 1.00 e. The Morgan fingerprint density at radius 2 is 1.33 bits per heavy atom. The van der Waals surface area contributed by atoms with Crippen LogP contribution in [0.3, 0.4) is 0 Å². The van der Waals surface area contributed by atoms with E-state index in [-0.39, 0.29) is 52.6 Å². The van der Waals surface area contributed by atoms with Gasteiger partial charge in [0.25, 0.3) is 10.1 Å². The normalized spacial score (nSPS) is 10.9. The molecule has 0 unspecified atom stereocenters. The van der Waals surface area contributed by atoms with E-state index in [4.69, 9.17) is 4.55 Å². The third kappa shape index (κ3) is 31.3. The molecule has 0 spiro atoms. The van der Waals surface area contributed by atoms with Crippen LogP contribution in [-0.4, -0.2) is 49.0 Å². The van der Waals surface area contributed by atoms with E-state index >= 15 is 0 Å². The fraction of sp³-hybridized carbons (Fsp3) is 1.00. The molecule has 0 aliphatic carbocycles. The molecule has 0 saturated heterocycles. The smallest absolute Gasteiger partial charge is 0.748 e. The molecule has 0 fully saturated rings. The molecule has 0 aliphatic heterocycles. The van der Waals surface area contributed by atoms with E-state index in [2.05, 4.69) is 25.3 Å². The second kappa shape index (κ2) is 10.7. The monoisotopic (exact) mass is 306 g/mol. The predicted molar refractivity (Wildman–Crippen MR) is 58.7 cm³/mol. The summed E-state index contributed by atoms with van der Waals surface area (Å²) in [5.74, 6) is -0.378. The van der Waals surface area contributed by atoms with Crippen LogP contribution in [0.5, 0.6) is 0 Å². The summed E-state index contributed by atoms with van der Waals surface area (Å²) in [4.78, 5) is 0. The van der Waals surface area contributed by atoms with Crippen LogP contribution in [0.15, 0.2) is 0 Å². The summed E-state index contributed by atoms with van der Waals surface area (Å²) < 4.78 is 56.3. The maximum absolute atomic E-state index is 9.74. The van der Waals surface area contributed by atoms with Crippen molar-refractivity contribution in [3.63, 3.8) is 0 Å². The molecule has 1 N–H and O–H groups in total. The van der Waals surface area contributed by atoms with Crippen LogP contribution in [0.1, 0.15) is 0 Å². The Balaban J connectivity index is -0.000000180. The van der Waals surface area contributed by atoms with Crippen LogP contribution < -0.4 is 29.6 Å². The fourth-order valence-electron chi connectivity index (χ4n) is 0.227. The zero-order valence-corrected chi connectivity index (χ0v) is 13.4. The largest absolute Gasteiger partial charge is 1.00 e. The van der Waals surface area contributed by atoms with Gasteiger partial charge >= 0.3 is 29.6 Å². The van der Waals surface area contributed by atoms with Crippen LogP contribution in [0.4, 0.5) is 0 Å². The van der Waals surface area contributed by atoms with Crippen LogP contribution in [0.2, 0.25) is 0 Å². The third-order valence-electron chi connectivity index (χ3n) is 0.691. The molecule has 15 heavy (non-hydrogen) atoms. The van der Waals surface area contributed by atoms with Crippen molar-refractivity contribution >= 4 is 45.5 Å². The minimum Gasteiger partial charge on any atom is -0.748 e. The molecule has 0 atom stereocenters. The summed E-state index contributed by atoms with van der Waals surface area (Å²) in [6, 6.07) is 0. The summed E-state index contributed by atoms with van der Waals surface area (Å²) in [7, 11) is -7.75. The van der Waals surface area contributed by atoms with Crippen molar-refractivity contribution in [3.8, 4) is 0 Å². The molecule has 0 radical (unpaired) electrons. The van der Waals surface area contributed by atoms with E-state index in [0.717, 1.165) is 0 Å². The predicted octanol–water partition coefficient (Wildman–Crippen LogP) is -3.73. The van der Waals surface area contributed by atoms with Gasteiger partial charge in [-0.1, -0.05) is 0 Å². The second-order valence-electron chi connectivity index (χ2n) is 2.00. The quantitative estimate of drug-likeness (QED) is 0.280. The molecule has 0 saturated carbocycles. The van der Waals surface area contributed by atoms with Gasteiger partial charge in [0, 0.05) is 17.3 Å². The van der Waals surface area contributed by atoms with E-state index in [9.17, 15) is 21.4 Å². The molecule has 0 aromatic rings. The number of rotatable bonds is 4. The molecule has 0 aliphatic rings. The Bertz CT molecular complexity index is 287. The summed E-state index contributed by atoms with van der Waals surface area (Å²) >= 11 is 7.11. The summed E-state index contributed by atoms with van der Waals surface area (Å²) in [6.07, 6.45) is 0. The molecule has 0 bridgehead atoms. The van der Waals surface area contributed by atoms with Gasteiger partial charge in [-0.3, -0.25) is 4.55 Å². The van der Waals surface area contributed by atoms with Crippen LogP contribution in [0, 0.1) is 0 Å². The first-order chi connectivity index (χ1) is 6.12. The molecule has 0 heterocycles.